The van der Waals surface area contributed by atoms with Crippen molar-refractivity contribution >= 4 is 5.91 Å². The normalized spacial score (nSPS) is 20.7. The Morgan fingerprint density at radius 3 is 3.00 bits per heavy atom. The summed E-state index contributed by atoms with van der Waals surface area (Å²) in [6, 6.07) is 9.19. The van der Waals surface area contributed by atoms with Gasteiger partial charge in [-0.3, -0.25) is 4.79 Å². The Morgan fingerprint density at radius 2 is 2.26 bits per heavy atom. The lowest BCUT2D eigenvalue weighted by Gasteiger charge is -2.25. The molecule has 1 aromatic heterocycles. The molecule has 0 radical (unpaired) electrons. The first-order chi connectivity index (χ1) is 11.1. The number of rotatable bonds is 4. The number of aliphatic hydroxyl groups is 1. The minimum absolute atomic E-state index is 0.0973. The van der Waals surface area contributed by atoms with Gasteiger partial charge in [-0.05, 0) is 30.2 Å². The summed E-state index contributed by atoms with van der Waals surface area (Å²) in [4.78, 5) is 14.6. The monoisotopic (exact) mass is 315 g/mol. The average molecular weight is 315 g/mol. The Bertz CT molecular complexity index is 694. The lowest BCUT2D eigenvalue weighted by atomic mass is 10.0. The minimum Gasteiger partial charge on any atom is -0.497 e. The number of likely N-dealkylation sites (tertiary alicyclic amines) is 1. The third kappa shape index (κ3) is 2.97. The zero-order chi connectivity index (χ0) is 16.4. The van der Waals surface area contributed by atoms with E-state index >= 15 is 0 Å². The number of furan rings is 1. The molecule has 0 saturated carbocycles. The molecule has 0 bridgehead atoms. The van der Waals surface area contributed by atoms with Gasteiger partial charge in [0.2, 0.25) is 0 Å². The molecule has 122 valence electrons. The van der Waals surface area contributed by atoms with E-state index in [2.05, 4.69) is 0 Å². The van der Waals surface area contributed by atoms with E-state index in [0.29, 0.717) is 30.7 Å². The molecule has 0 unspecified atom stereocenters. The first-order valence-corrected chi connectivity index (χ1v) is 7.83. The van der Waals surface area contributed by atoms with Crippen LogP contribution in [0.2, 0.25) is 0 Å². The van der Waals surface area contributed by atoms with Crippen molar-refractivity contribution in [2.75, 3.05) is 13.7 Å². The number of ether oxygens (including phenoxy) is 1. The predicted octanol–water partition coefficient (Wildman–Crippen LogP) is 2.80. The molecule has 1 aliphatic heterocycles. The van der Waals surface area contributed by atoms with E-state index in [1.807, 2.05) is 31.2 Å². The van der Waals surface area contributed by atoms with E-state index in [0.717, 1.165) is 11.3 Å². The van der Waals surface area contributed by atoms with Crippen LogP contribution in [0.25, 0.3) is 0 Å². The highest BCUT2D eigenvalue weighted by Gasteiger charge is 2.36. The number of methoxy groups -OCH3 is 1. The van der Waals surface area contributed by atoms with Gasteiger partial charge in [0, 0.05) is 13.0 Å². The number of hydrogen-bond acceptors (Lipinski definition) is 4. The summed E-state index contributed by atoms with van der Waals surface area (Å²) in [7, 11) is 1.62. The van der Waals surface area contributed by atoms with Crippen molar-refractivity contribution in [2.24, 2.45) is 0 Å². The fraction of sp³-hybridized carbons (Fsp3) is 0.389. The number of amides is 1. The van der Waals surface area contributed by atoms with Gasteiger partial charge in [0.05, 0.1) is 31.1 Å². The standard InChI is InChI=1S/C18H21NO4/c1-3-17-15(7-8-23-17)18(21)19-11-13(20)10-16(19)12-5-4-6-14(9-12)22-2/h4-9,13,16,20H,3,10-11H2,1-2H3/t13-,16-/m1/s1. The molecule has 5 heteroatoms. The molecule has 2 aromatic rings. The number of nitrogens with zero attached hydrogens (tertiary/aromatic N) is 1. The van der Waals surface area contributed by atoms with Gasteiger partial charge >= 0.3 is 0 Å². The van der Waals surface area contributed by atoms with Gasteiger partial charge in [-0.15, -0.1) is 0 Å². The summed E-state index contributed by atoms with van der Waals surface area (Å²) < 4.78 is 10.6. The highest BCUT2D eigenvalue weighted by molar-refractivity contribution is 5.95. The molecule has 1 aromatic carbocycles. The van der Waals surface area contributed by atoms with E-state index in [4.69, 9.17) is 9.15 Å². The van der Waals surface area contributed by atoms with Gasteiger partial charge in [0.25, 0.3) is 5.91 Å². The Morgan fingerprint density at radius 1 is 1.43 bits per heavy atom. The van der Waals surface area contributed by atoms with Crippen LogP contribution >= 0.6 is 0 Å². The maximum absolute atomic E-state index is 12.9. The van der Waals surface area contributed by atoms with Crippen LogP contribution in [0, 0.1) is 0 Å². The Balaban J connectivity index is 1.92. The maximum atomic E-state index is 12.9. The molecule has 1 aliphatic rings. The molecular formula is C18H21NO4. The summed E-state index contributed by atoms with van der Waals surface area (Å²) in [6.45, 7) is 2.28. The summed E-state index contributed by atoms with van der Waals surface area (Å²) in [5.74, 6) is 1.33. The lowest BCUT2D eigenvalue weighted by Crippen LogP contribution is -2.32. The number of hydrogen-bond donors (Lipinski definition) is 1. The quantitative estimate of drug-likeness (QED) is 0.942. The fourth-order valence-corrected chi connectivity index (χ4v) is 3.16. The number of carbonyl (C=O) groups excluding carboxylic acids is 1. The molecule has 5 nitrogen and oxygen atoms in total. The van der Waals surface area contributed by atoms with E-state index in [9.17, 15) is 9.90 Å². The third-order valence-electron chi connectivity index (χ3n) is 4.32. The molecule has 1 saturated heterocycles. The smallest absolute Gasteiger partial charge is 0.258 e. The number of carbonyl (C=O) groups is 1. The lowest BCUT2D eigenvalue weighted by molar-refractivity contribution is 0.0713. The molecule has 0 aliphatic carbocycles. The van der Waals surface area contributed by atoms with Crippen molar-refractivity contribution in [3.05, 3.63) is 53.5 Å². The van der Waals surface area contributed by atoms with Crippen molar-refractivity contribution in [3.63, 3.8) is 0 Å². The van der Waals surface area contributed by atoms with Crippen LogP contribution in [-0.2, 0) is 6.42 Å². The number of aliphatic hydroxyl groups excluding tert-OH is 1. The number of aryl methyl sites for hydroxylation is 1. The highest BCUT2D eigenvalue weighted by atomic mass is 16.5. The van der Waals surface area contributed by atoms with Crippen molar-refractivity contribution in [1.29, 1.82) is 0 Å². The van der Waals surface area contributed by atoms with Crippen molar-refractivity contribution in [2.45, 2.75) is 31.9 Å². The summed E-state index contributed by atoms with van der Waals surface area (Å²) in [6.07, 6.45) is 2.21. The van der Waals surface area contributed by atoms with Gasteiger partial charge in [0.1, 0.15) is 11.5 Å². The van der Waals surface area contributed by atoms with Crippen LogP contribution in [0.1, 0.15) is 41.1 Å². The number of benzene rings is 1. The SMILES string of the molecule is CCc1occc1C(=O)N1C[C@H](O)C[C@@H]1c1cccc(OC)c1. The second kappa shape index (κ2) is 6.46. The van der Waals surface area contributed by atoms with Crippen molar-refractivity contribution in [3.8, 4) is 5.75 Å². The van der Waals surface area contributed by atoms with E-state index in [1.54, 1.807) is 24.3 Å². The first kappa shape index (κ1) is 15.6. The molecule has 23 heavy (non-hydrogen) atoms. The topological polar surface area (TPSA) is 62.9 Å². The van der Waals surface area contributed by atoms with Gasteiger partial charge < -0.3 is 19.2 Å². The fourth-order valence-electron chi connectivity index (χ4n) is 3.16. The van der Waals surface area contributed by atoms with Crippen LogP contribution in [-0.4, -0.2) is 35.7 Å². The van der Waals surface area contributed by atoms with E-state index in [-0.39, 0.29) is 11.9 Å². The summed E-state index contributed by atoms with van der Waals surface area (Å²) >= 11 is 0. The van der Waals surface area contributed by atoms with Gasteiger partial charge in [-0.2, -0.15) is 0 Å². The Labute approximate surface area is 135 Å². The molecule has 2 heterocycles. The zero-order valence-corrected chi connectivity index (χ0v) is 13.4. The van der Waals surface area contributed by atoms with Crippen LogP contribution < -0.4 is 4.74 Å². The third-order valence-corrected chi connectivity index (χ3v) is 4.32. The van der Waals surface area contributed by atoms with Crippen molar-refractivity contribution < 1.29 is 19.1 Å². The van der Waals surface area contributed by atoms with Crippen LogP contribution in [0.5, 0.6) is 5.75 Å². The van der Waals surface area contributed by atoms with Gasteiger partial charge in [0.15, 0.2) is 0 Å². The molecule has 1 fully saturated rings. The maximum Gasteiger partial charge on any atom is 0.258 e. The van der Waals surface area contributed by atoms with Crippen LogP contribution in [0.15, 0.2) is 41.0 Å². The Kier molecular flexibility index (Phi) is 4.39. The highest BCUT2D eigenvalue weighted by Crippen LogP contribution is 2.35. The molecule has 1 amide bonds. The minimum atomic E-state index is -0.521. The molecule has 3 rings (SSSR count). The average Bonchev–Trinajstić information content (AvgIpc) is 3.20. The second-order valence-electron chi connectivity index (χ2n) is 5.75. The van der Waals surface area contributed by atoms with E-state index < -0.39 is 6.10 Å². The summed E-state index contributed by atoms with van der Waals surface area (Å²) in [5, 5.41) is 10.1. The molecular weight excluding hydrogens is 294 g/mol. The summed E-state index contributed by atoms with van der Waals surface area (Å²) in [5.41, 5.74) is 1.55. The van der Waals surface area contributed by atoms with Gasteiger partial charge in [-0.25, -0.2) is 0 Å². The largest absolute Gasteiger partial charge is 0.497 e. The van der Waals surface area contributed by atoms with E-state index in [1.165, 1.54) is 0 Å². The molecule has 2 atom stereocenters. The van der Waals surface area contributed by atoms with Crippen molar-refractivity contribution in [1.82, 2.24) is 4.90 Å². The van der Waals surface area contributed by atoms with Gasteiger partial charge in [-0.1, -0.05) is 19.1 Å². The second-order valence-corrected chi connectivity index (χ2v) is 5.75. The first-order valence-electron chi connectivity index (χ1n) is 7.83. The zero-order valence-electron chi connectivity index (χ0n) is 13.4. The van der Waals surface area contributed by atoms with Crippen LogP contribution in [0.3, 0.4) is 0 Å². The molecule has 1 N–H and O–H groups in total. The Hall–Kier alpha value is -2.27. The van der Waals surface area contributed by atoms with Crippen LogP contribution in [0.4, 0.5) is 0 Å². The number of β-amino-alcohol motifs (C(OH)–C–C–N with tert-alkyl or cyclic N) is 1. The molecule has 0 spiro atoms. The predicted molar refractivity (Wildman–Crippen MR) is 85.5 cm³/mol.